The Morgan fingerprint density at radius 1 is 0.463 bits per heavy atom. The highest BCUT2D eigenvalue weighted by Gasteiger charge is 2.59. The molecular weight excluding hydrogens is 590 g/mol. The molecule has 2 atom stereocenters. The third-order valence-corrected chi connectivity index (χ3v) is 27.2. The number of hydrogen-bond donors (Lipinski definition) is 1. The average Bonchev–Trinajstić information content (AvgIpc) is 3.84. The van der Waals surface area contributed by atoms with Gasteiger partial charge in [0.05, 0.1) is 0 Å². The fourth-order valence-electron chi connectivity index (χ4n) is 7.87. The van der Waals surface area contributed by atoms with Crippen LogP contribution in [0.5, 0.6) is 0 Å². The van der Waals surface area contributed by atoms with E-state index in [0.29, 0.717) is 0 Å². The molecule has 0 aliphatic carbocycles. The minimum absolute atomic E-state index is 0.973. The highest BCUT2D eigenvalue weighted by atomic mass is 31.3. The van der Waals surface area contributed by atoms with E-state index < -0.39 is 30.0 Å². The van der Waals surface area contributed by atoms with Crippen LogP contribution >= 0.6 is 30.0 Å². The number of nitrogens with one attached hydrogen (secondary N) is 1. The molecule has 7 rings (SSSR count). The van der Waals surface area contributed by atoms with E-state index in [1.165, 1.54) is 64.2 Å². The minimum Gasteiger partial charge on any atom is -0.253 e. The molecule has 5 saturated heterocycles. The summed E-state index contributed by atoms with van der Waals surface area (Å²) in [4.78, 5) is 0. The van der Waals surface area contributed by atoms with E-state index in [4.69, 9.17) is 18.1 Å². The Bertz CT molecular complexity index is 1100. The van der Waals surface area contributed by atoms with E-state index >= 15 is 0 Å². The van der Waals surface area contributed by atoms with E-state index in [-0.39, 0.29) is 0 Å². The number of rotatable bonds is 10. The summed E-state index contributed by atoms with van der Waals surface area (Å²) in [6.07, 6.45) is 14.9. The molecule has 0 radical (unpaired) electrons. The van der Waals surface area contributed by atoms with Gasteiger partial charge in [-0.25, -0.2) is 23.4 Å². The lowest BCUT2D eigenvalue weighted by molar-refractivity contribution is 0.451. The molecular formula is C26H55N11P4. The lowest BCUT2D eigenvalue weighted by atomic mass is 10.4. The molecule has 2 unspecified atom stereocenters. The van der Waals surface area contributed by atoms with Crippen molar-refractivity contribution in [2.75, 3.05) is 78.5 Å². The fraction of sp³-hybridized carbons (Fsp3) is 1.00. The molecule has 41 heavy (non-hydrogen) atoms. The molecule has 15 heteroatoms. The first kappa shape index (κ1) is 30.3. The van der Waals surface area contributed by atoms with E-state index in [1.807, 2.05) is 0 Å². The van der Waals surface area contributed by atoms with Crippen LogP contribution in [0, 0.1) is 0 Å². The fourth-order valence-corrected chi connectivity index (χ4v) is 31.4. The van der Waals surface area contributed by atoms with Gasteiger partial charge in [-0.2, -0.15) is 22.5 Å². The maximum atomic E-state index is 6.40. The lowest BCUT2D eigenvalue weighted by Crippen LogP contribution is -2.40. The van der Waals surface area contributed by atoms with Crippen molar-refractivity contribution in [1.29, 1.82) is 0 Å². The Hall–Kier alpha value is 0.640. The molecule has 0 aromatic rings. The van der Waals surface area contributed by atoms with Crippen molar-refractivity contribution in [3.8, 4) is 0 Å². The minimum atomic E-state index is -2.47. The predicted octanol–water partition coefficient (Wildman–Crippen LogP) is 7.99. The molecule has 0 aromatic heterocycles. The Balaban J connectivity index is 1.58. The molecule has 0 amide bonds. The third kappa shape index (κ3) is 5.05. The normalized spacial score (nSPS) is 36.8. The van der Waals surface area contributed by atoms with Crippen LogP contribution in [0.1, 0.15) is 90.9 Å². The number of hydrogen-bond acceptors (Lipinski definition) is 11. The first-order chi connectivity index (χ1) is 20.1. The highest BCUT2D eigenvalue weighted by Crippen LogP contribution is 2.91. The Morgan fingerprint density at radius 3 is 1.22 bits per heavy atom. The molecule has 0 spiro atoms. The van der Waals surface area contributed by atoms with Gasteiger partial charge in [0.1, 0.15) is 0 Å². The first-order valence-corrected chi connectivity index (χ1v) is 23.4. The summed E-state index contributed by atoms with van der Waals surface area (Å²) in [6.45, 7) is 18.0. The summed E-state index contributed by atoms with van der Waals surface area (Å²) in [7, 11) is -9.50. The van der Waals surface area contributed by atoms with Gasteiger partial charge in [0, 0.05) is 78.5 Å². The zero-order chi connectivity index (χ0) is 28.0. The lowest BCUT2D eigenvalue weighted by Gasteiger charge is -2.55. The summed E-state index contributed by atoms with van der Waals surface area (Å²) >= 11 is 0. The van der Waals surface area contributed by atoms with Crippen molar-refractivity contribution in [1.82, 2.24) is 32.9 Å². The van der Waals surface area contributed by atoms with Crippen molar-refractivity contribution in [3.63, 3.8) is 0 Å². The molecule has 11 nitrogen and oxygen atoms in total. The van der Waals surface area contributed by atoms with Crippen LogP contribution in [0.3, 0.4) is 0 Å². The van der Waals surface area contributed by atoms with Crippen molar-refractivity contribution in [2.24, 2.45) is 18.1 Å². The second-order valence-electron chi connectivity index (χ2n) is 12.8. The van der Waals surface area contributed by atoms with Crippen LogP contribution in [-0.2, 0) is 0 Å². The van der Waals surface area contributed by atoms with Crippen molar-refractivity contribution < 1.29 is 0 Å². The van der Waals surface area contributed by atoms with Gasteiger partial charge in [-0.05, 0) is 77.0 Å². The van der Waals surface area contributed by atoms with Crippen molar-refractivity contribution in [2.45, 2.75) is 90.9 Å². The largest absolute Gasteiger partial charge is 0.253 e. The van der Waals surface area contributed by atoms with Crippen LogP contribution in [0.25, 0.3) is 0 Å². The molecule has 7 aliphatic rings. The summed E-state index contributed by atoms with van der Waals surface area (Å²) in [5.41, 5.74) is 0. The summed E-state index contributed by atoms with van der Waals surface area (Å²) < 4.78 is 42.1. The molecule has 2 bridgehead atoms. The van der Waals surface area contributed by atoms with Gasteiger partial charge < -0.3 is 0 Å². The molecule has 7 aliphatic heterocycles. The zero-order valence-corrected chi connectivity index (χ0v) is 29.3. The standard InChI is InChI=1S/C26H55N11P4/c1-3-15-27-38-28-39(32-17-5-6-18-32,33-19-7-8-20-33)30-41(37(38)16-4-2,36-25-13-14-26-36)31-40(29-38,34-21-9-10-22-34)35-23-11-12-24-35/h27H,3-26H2,1-2H3. The monoisotopic (exact) mass is 645 g/mol. The smallest absolute Gasteiger partial charge is 0.228 e. The highest BCUT2D eigenvalue weighted by molar-refractivity contribution is 7.91. The molecule has 0 aromatic carbocycles. The van der Waals surface area contributed by atoms with E-state index in [1.54, 1.807) is 0 Å². The van der Waals surface area contributed by atoms with Gasteiger partial charge >= 0.3 is 0 Å². The maximum absolute atomic E-state index is 6.40. The molecule has 234 valence electrons. The Labute approximate surface area is 250 Å². The van der Waals surface area contributed by atoms with Crippen LogP contribution in [0.4, 0.5) is 0 Å². The second kappa shape index (κ2) is 12.4. The van der Waals surface area contributed by atoms with Gasteiger partial charge in [0.2, 0.25) is 30.0 Å². The molecule has 1 N–H and O–H groups in total. The topological polar surface area (TPSA) is 80.9 Å². The summed E-state index contributed by atoms with van der Waals surface area (Å²) in [6, 6.07) is 0. The van der Waals surface area contributed by atoms with Gasteiger partial charge in [-0.1, -0.05) is 13.8 Å². The number of fused-ring (bicyclic) bond motifs is 2. The predicted molar refractivity (Wildman–Crippen MR) is 177 cm³/mol. The Kier molecular flexibility index (Phi) is 9.20. The maximum Gasteiger partial charge on any atom is 0.228 e. The zero-order valence-electron chi connectivity index (χ0n) is 25.7. The van der Waals surface area contributed by atoms with Gasteiger partial charge in [0.25, 0.3) is 0 Å². The van der Waals surface area contributed by atoms with E-state index in [2.05, 4.69) is 46.7 Å². The van der Waals surface area contributed by atoms with Crippen molar-refractivity contribution in [3.05, 3.63) is 0 Å². The van der Waals surface area contributed by atoms with E-state index in [9.17, 15) is 0 Å². The van der Waals surface area contributed by atoms with Gasteiger partial charge in [-0.15, -0.1) is 0 Å². The first-order valence-electron chi connectivity index (χ1n) is 17.0. The van der Waals surface area contributed by atoms with Crippen LogP contribution in [0.2, 0.25) is 0 Å². The molecule has 7 heterocycles. The van der Waals surface area contributed by atoms with Crippen molar-refractivity contribution >= 4 is 30.0 Å². The second-order valence-corrected chi connectivity index (χ2v) is 24.5. The summed E-state index contributed by atoms with van der Waals surface area (Å²) in [5, 5.41) is 4.24. The third-order valence-electron chi connectivity index (χ3n) is 9.91. The summed E-state index contributed by atoms with van der Waals surface area (Å²) in [5.74, 6) is 0. The van der Waals surface area contributed by atoms with E-state index in [0.717, 1.165) is 91.4 Å². The average molecular weight is 646 g/mol. The van der Waals surface area contributed by atoms with Crippen LogP contribution in [0.15, 0.2) is 18.1 Å². The Morgan fingerprint density at radius 2 is 0.829 bits per heavy atom. The van der Waals surface area contributed by atoms with Crippen LogP contribution in [-0.4, -0.2) is 106 Å². The molecule has 0 saturated carbocycles. The van der Waals surface area contributed by atoms with Crippen LogP contribution < -0.4 is 5.09 Å². The molecule has 5 fully saturated rings. The van der Waals surface area contributed by atoms with Gasteiger partial charge in [-0.3, -0.25) is 5.09 Å². The van der Waals surface area contributed by atoms with Gasteiger partial charge in [0.15, 0.2) is 0 Å². The SMILES string of the molecule is CCCNP12=NP(N3CCCC3)(N3CCCC3)=NP(N3CCCC3)(=NP(N3CCCC3)(N3CCCC3)=N1)N2CCC. The number of nitrogens with zero attached hydrogens (tertiary/aromatic N) is 10. The quantitative estimate of drug-likeness (QED) is 0.241.